The van der Waals surface area contributed by atoms with Crippen LogP contribution in [-0.2, 0) is 28.6 Å². The molecule has 0 aliphatic heterocycles. The third-order valence-corrected chi connectivity index (χ3v) is 13.6. The molecule has 380 valence electrons. The Kier molecular flexibility index (Phi) is 49.6. The van der Waals surface area contributed by atoms with E-state index in [0.717, 1.165) is 69.6 Å². The lowest BCUT2D eigenvalue weighted by atomic mass is 9.99. The van der Waals surface area contributed by atoms with Gasteiger partial charge in [0.25, 0.3) is 0 Å². The van der Waals surface area contributed by atoms with E-state index in [4.69, 9.17) is 14.2 Å². The van der Waals surface area contributed by atoms with Gasteiger partial charge in [-0.1, -0.05) is 285 Å². The van der Waals surface area contributed by atoms with E-state index in [1.54, 1.807) is 0 Å². The monoisotopic (exact) mass is 905 g/mol. The third kappa shape index (κ3) is 49.8. The Hall–Kier alpha value is -1.59. The third-order valence-electron chi connectivity index (χ3n) is 13.6. The molecule has 0 N–H and O–H groups in total. The molecule has 0 aromatic rings. The molecule has 1 unspecified atom stereocenters. The lowest BCUT2D eigenvalue weighted by molar-refractivity contribution is -0.167. The van der Waals surface area contributed by atoms with Crippen molar-refractivity contribution in [3.8, 4) is 0 Å². The number of unbranched alkanes of at least 4 members (excludes halogenated alkanes) is 36. The van der Waals surface area contributed by atoms with Crippen LogP contribution in [0.4, 0.5) is 0 Å². The van der Waals surface area contributed by atoms with Gasteiger partial charge in [0.15, 0.2) is 6.10 Å². The molecule has 0 saturated carbocycles. The molecular formula is C58H112O6. The quantitative estimate of drug-likeness (QED) is 0.0344. The van der Waals surface area contributed by atoms with Crippen molar-refractivity contribution in [3.63, 3.8) is 0 Å². The summed E-state index contributed by atoms with van der Waals surface area (Å²) in [6.45, 7) is 11.4. The van der Waals surface area contributed by atoms with Crippen molar-refractivity contribution in [2.24, 2.45) is 11.8 Å². The van der Waals surface area contributed by atoms with Gasteiger partial charge in [-0.2, -0.15) is 0 Å². The number of ether oxygens (including phenoxy) is 3. The maximum Gasteiger partial charge on any atom is 0.306 e. The smallest absolute Gasteiger partial charge is 0.306 e. The van der Waals surface area contributed by atoms with Gasteiger partial charge in [0.2, 0.25) is 0 Å². The molecule has 2 atom stereocenters. The van der Waals surface area contributed by atoms with Crippen LogP contribution in [0.25, 0.3) is 0 Å². The van der Waals surface area contributed by atoms with Gasteiger partial charge in [-0.15, -0.1) is 0 Å². The average Bonchev–Trinajstić information content (AvgIpc) is 3.28. The fraction of sp³-hybridized carbons (Fsp3) is 0.948. The van der Waals surface area contributed by atoms with Gasteiger partial charge < -0.3 is 14.2 Å². The van der Waals surface area contributed by atoms with Crippen LogP contribution in [0.1, 0.15) is 324 Å². The summed E-state index contributed by atoms with van der Waals surface area (Å²) in [4.78, 5) is 38.1. The Bertz CT molecular complexity index is 980. The highest BCUT2D eigenvalue weighted by atomic mass is 16.6. The van der Waals surface area contributed by atoms with Crippen LogP contribution in [0, 0.1) is 11.8 Å². The van der Waals surface area contributed by atoms with Gasteiger partial charge >= 0.3 is 17.9 Å². The first-order chi connectivity index (χ1) is 31.3. The largest absolute Gasteiger partial charge is 0.462 e. The molecule has 6 nitrogen and oxygen atoms in total. The van der Waals surface area contributed by atoms with E-state index in [9.17, 15) is 14.4 Å². The average molecular weight is 906 g/mol. The van der Waals surface area contributed by atoms with Crippen molar-refractivity contribution in [2.45, 2.75) is 330 Å². The van der Waals surface area contributed by atoms with Crippen molar-refractivity contribution in [2.75, 3.05) is 13.2 Å². The Balaban J connectivity index is 4.28. The molecular weight excluding hydrogens is 793 g/mol. The van der Waals surface area contributed by atoms with Crippen molar-refractivity contribution < 1.29 is 28.6 Å². The van der Waals surface area contributed by atoms with E-state index < -0.39 is 6.10 Å². The molecule has 0 spiro atoms. The second-order valence-electron chi connectivity index (χ2n) is 20.6. The second kappa shape index (κ2) is 50.8. The summed E-state index contributed by atoms with van der Waals surface area (Å²) in [7, 11) is 0. The summed E-state index contributed by atoms with van der Waals surface area (Å²) in [5, 5.41) is 0. The first-order valence-corrected chi connectivity index (χ1v) is 28.8. The molecule has 0 amide bonds. The summed E-state index contributed by atoms with van der Waals surface area (Å²) < 4.78 is 16.9. The fourth-order valence-electron chi connectivity index (χ4n) is 8.84. The number of hydrogen-bond donors (Lipinski definition) is 0. The summed E-state index contributed by atoms with van der Waals surface area (Å²) in [5.41, 5.74) is 0. The van der Waals surface area contributed by atoms with E-state index in [-0.39, 0.29) is 31.1 Å². The molecule has 0 radical (unpaired) electrons. The molecule has 0 bridgehead atoms. The molecule has 0 aromatic carbocycles. The Morgan fingerprint density at radius 1 is 0.328 bits per heavy atom. The molecule has 0 aliphatic carbocycles. The minimum Gasteiger partial charge on any atom is -0.462 e. The van der Waals surface area contributed by atoms with Gasteiger partial charge in [-0.25, -0.2) is 0 Å². The number of carbonyl (C=O) groups excluding carboxylic acids is 3. The summed E-state index contributed by atoms with van der Waals surface area (Å²) in [6.07, 6.45) is 53.7. The number of carbonyl (C=O) groups is 3. The molecule has 0 heterocycles. The molecule has 0 aromatic heterocycles. The molecule has 6 heteroatoms. The Morgan fingerprint density at radius 2 is 0.594 bits per heavy atom. The summed E-state index contributed by atoms with van der Waals surface area (Å²) in [5.74, 6) is 0.856. The predicted molar refractivity (Wildman–Crippen MR) is 275 cm³/mol. The van der Waals surface area contributed by atoms with Crippen LogP contribution in [0.3, 0.4) is 0 Å². The van der Waals surface area contributed by atoms with Crippen molar-refractivity contribution >= 4 is 17.9 Å². The van der Waals surface area contributed by atoms with Crippen molar-refractivity contribution in [3.05, 3.63) is 0 Å². The van der Waals surface area contributed by atoms with Crippen LogP contribution >= 0.6 is 0 Å². The highest BCUT2D eigenvalue weighted by Crippen LogP contribution is 2.18. The fourth-order valence-corrected chi connectivity index (χ4v) is 8.84. The first kappa shape index (κ1) is 62.4. The minimum absolute atomic E-state index is 0.0630. The van der Waals surface area contributed by atoms with E-state index in [1.165, 1.54) is 212 Å². The zero-order valence-corrected chi connectivity index (χ0v) is 43.9. The van der Waals surface area contributed by atoms with Crippen LogP contribution in [-0.4, -0.2) is 37.2 Å². The minimum atomic E-state index is -0.763. The lowest BCUT2D eigenvalue weighted by Crippen LogP contribution is -2.30. The van der Waals surface area contributed by atoms with E-state index in [2.05, 4.69) is 34.6 Å². The first-order valence-electron chi connectivity index (χ1n) is 28.8. The van der Waals surface area contributed by atoms with Crippen LogP contribution in [0.5, 0.6) is 0 Å². The molecule has 64 heavy (non-hydrogen) atoms. The van der Waals surface area contributed by atoms with Crippen molar-refractivity contribution in [1.29, 1.82) is 0 Å². The van der Waals surface area contributed by atoms with Gasteiger partial charge in [0.1, 0.15) is 13.2 Å². The predicted octanol–water partition coefficient (Wildman–Crippen LogP) is 18.9. The number of esters is 3. The Labute approximate surface area is 399 Å². The number of hydrogen-bond acceptors (Lipinski definition) is 6. The van der Waals surface area contributed by atoms with E-state index >= 15 is 0 Å². The van der Waals surface area contributed by atoms with Crippen LogP contribution < -0.4 is 0 Å². The number of rotatable bonds is 52. The Morgan fingerprint density at radius 3 is 0.891 bits per heavy atom. The maximum atomic E-state index is 12.8. The van der Waals surface area contributed by atoms with Gasteiger partial charge in [0, 0.05) is 19.3 Å². The second-order valence-corrected chi connectivity index (χ2v) is 20.6. The van der Waals surface area contributed by atoms with Crippen molar-refractivity contribution in [1.82, 2.24) is 0 Å². The topological polar surface area (TPSA) is 78.9 Å². The van der Waals surface area contributed by atoms with E-state index in [1.807, 2.05) is 0 Å². The molecule has 0 saturated heterocycles. The maximum absolute atomic E-state index is 12.8. The van der Waals surface area contributed by atoms with Gasteiger partial charge in [0.05, 0.1) is 0 Å². The van der Waals surface area contributed by atoms with Gasteiger partial charge in [-0.3, -0.25) is 14.4 Å². The van der Waals surface area contributed by atoms with Crippen LogP contribution in [0.15, 0.2) is 0 Å². The molecule has 0 fully saturated rings. The SMILES string of the molecule is CCCCCCCCCCCCCCCCCCC(=O)O[C@H](COC(=O)CCCCCCCCCCCCCCCCCC(C)C)COC(=O)CCCCCCCCCCC(C)CC. The zero-order chi connectivity index (χ0) is 46.8. The summed E-state index contributed by atoms with van der Waals surface area (Å²) in [6, 6.07) is 0. The molecule has 0 rings (SSSR count). The summed E-state index contributed by atoms with van der Waals surface area (Å²) >= 11 is 0. The normalized spacial score (nSPS) is 12.5. The van der Waals surface area contributed by atoms with E-state index in [0.29, 0.717) is 19.3 Å². The lowest BCUT2D eigenvalue weighted by Gasteiger charge is -2.18. The highest BCUT2D eigenvalue weighted by molar-refractivity contribution is 5.71. The standard InChI is InChI=1S/C58H112O6/c1-6-8-9-10-11-12-13-14-15-18-22-25-28-35-40-45-50-58(61)64-55(52-63-57(60)49-44-39-34-30-29-32-37-42-47-54(5)7-2)51-62-56(59)48-43-38-33-27-24-21-19-16-17-20-23-26-31-36-41-46-53(3)4/h53-55H,6-52H2,1-5H3/t54?,55-/m1/s1. The zero-order valence-electron chi connectivity index (χ0n) is 43.9. The van der Waals surface area contributed by atoms with Crippen LogP contribution in [0.2, 0.25) is 0 Å². The molecule has 0 aliphatic rings. The van der Waals surface area contributed by atoms with Gasteiger partial charge in [-0.05, 0) is 31.1 Å². The highest BCUT2D eigenvalue weighted by Gasteiger charge is 2.19.